The lowest BCUT2D eigenvalue weighted by molar-refractivity contribution is -0.147. The van der Waals surface area contributed by atoms with E-state index in [1.54, 1.807) is 19.1 Å². The Hall–Kier alpha value is -3.41. The van der Waals surface area contributed by atoms with Crippen molar-refractivity contribution in [1.82, 2.24) is 18.7 Å². The van der Waals surface area contributed by atoms with Gasteiger partial charge in [0.05, 0.1) is 6.61 Å². The SMILES string of the molecule is CCCn1c(=O)n(CC(=O)N2c3ccccc3C[C@@H]2C)c(=O)c2c1nc(C(F)(F)F)n2CCOC. The quantitative estimate of drug-likeness (QED) is 0.504. The summed E-state index contributed by atoms with van der Waals surface area (Å²) in [6.45, 7) is 2.62. The zero-order valence-electron chi connectivity index (χ0n) is 19.6. The van der Waals surface area contributed by atoms with Crippen molar-refractivity contribution in [2.45, 2.75) is 58.5 Å². The second kappa shape index (κ2) is 9.33. The minimum absolute atomic E-state index is 0.0331. The maximum absolute atomic E-state index is 13.8. The molecule has 0 unspecified atom stereocenters. The average molecular weight is 493 g/mol. The maximum Gasteiger partial charge on any atom is 0.449 e. The Kier molecular flexibility index (Phi) is 6.58. The van der Waals surface area contributed by atoms with E-state index in [9.17, 15) is 27.6 Å². The lowest BCUT2D eigenvalue weighted by atomic mass is 10.1. The van der Waals surface area contributed by atoms with Crippen molar-refractivity contribution >= 4 is 22.8 Å². The van der Waals surface area contributed by atoms with Crippen molar-refractivity contribution in [1.29, 1.82) is 0 Å². The number of amides is 1. The predicted molar refractivity (Wildman–Crippen MR) is 123 cm³/mol. The van der Waals surface area contributed by atoms with Gasteiger partial charge < -0.3 is 14.2 Å². The molecule has 0 saturated heterocycles. The number of hydrogen-bond acceptors (Lipinski definition) is 5. The molecular formula is C23H26F3N5O4. The highest BCUT2D eigenvalue weighted by Crippen LogP contribution is 2.32. The molecule has 9 nitrogen and oxygen atoms in total. The Labute approximate surface area is 198 Å². The summed E-state index contributed by atoms with van der Waals surface area (Å²) in [5.74, 6) is -1.79. The van der Waals surface area contributed by atoms with E-state index < -0.39 is 35.7 Å². The largest absolute Gasteiger partial charge is 0.449 e. The van der Waals surface area contributed by atoms with Crippen LogP contribution in [0.2, 0.25) is 0 Å². The van der Waals surface area contributed by atoms with E-state index in [1.165, 1.54) is 12.0 Å². The highest BCUT2D eigenvalue weighted by atomic mass is 19.4. The van der Waals surface area contributed by atoms with E-state index in [0.29, 0.717) is 23.1 Å². The molecule has 1 atom stereocenters. The number of benzene rings is 1. The third-order valence-electron chi connectivity index (χ3n) is 6.10. The minimum Gasteiger partial charge on any atom is -0.383 e. The first kappa shape index (κ1) is 24.7. The molecule has 1 aromatic carbocycles. The number of alkyl halides is 3. The van der Waals surface area contributed by atoms with Crippen molar-refractivity contribution in [3.8, 4) is 0 Å². The zero-order valence-corrected chi connectivity index (χ0v) is 19.6. The number of rotatable bonds is 7. The first-order valence-electron chi connectivity index (χ1n) is 11.3. The summed E-state index contributed by atoms with van der Waals surface area (Å²) in [4.78, 5) is 45.2. The van der Waals surface area contributed by atoms with Crippen LogP contribution in [0.4, 0.5) is 18.9 Å². The Morgan fingerprint density at radius 3 is 2.51 bits per heavy atom. The Bertz CT molecular complexity index is 1390. The van der Waals surface area contributed by atoms with Crippen LogP contribution in [0.15, 0.2) is 33.9 Å². The number of carbonyl (C=O) groups is 1. The summed E-state index contributed by atoms with van der Waals surface area (Å²) in [7, 11) is 1.32. The number of methoxy groups -OCH3 is 1. The molecule has 3 aromatic rings. The standard InChI is InChI=1S/C23H26F3N5O4/c1-4-9-29-19-18(28(10-11-35-3)21(27-19)23(24,25)26)20(33)30(22(29)34)13-17(32)31-14(2)12-15-7-5-6-8-16(15)31/h5-8,14H,4,9-13H2,1-3H3/t14-/m0/s1. The second-order valence-electron chi connectivity index (χ2n) is 8.52. The molecule has 4 rings (SSSR count). The van der Waals surface area contributed by atoms with Crippen molar-refractivity contribution in [3.05, 3.63) is 56.5 Å². The maximum atomic E-state index is 13.8. The van der Waals surface area contributed by atoms with Crippen molar-refractivity contribution < 1.29 is 22.7 Å². The molecule has 3 heterocycles. The number of ether oxygens (including phenoxy) is 1. The third kappa shape index (κ3) is 4.26. The summed E-state index contributed by atoms with van der Waals surface area (Å²) in [5, 5.41) is 0. The average Bonchev–Trinajstić information content (AvgIpc) is 3.35. The Balaban J connectivity index is 1.89. The monoisotopic (exact) mass is 493 g/mol. The minimum atomic E-state index is -4.86. The van der Waals surface area contributed by atoms with Gasteiger partial charge in [0.1, 0.15) is 6.54 Å². The van der Waals surface area contributed by atoms with Gasteiger partial charge in [-0.15, -0.1) is 0 Å². The number of aryl methyl sites for hydroxylation is 1. The van der Waals surface area contributed by atoms with Crippen LogP contribution in [0.25, 0.3) is 11.2 Å². The fraction of sp³-hybridized carbons (Fsp3) is 0.478. The van der Waals surface area contributed by atoms with Crippen LogP contribution in [0.1, 0.15) is 31.7 Å². The number of para-hydroxylation sites is 1. The lowest BCUT2D eigenvalue weighted by Crippen LogP contribution is -2.46. The van der Waals surface area contributed by atoms with Crippen LogP contribution in [-0.4, -0.2) is 44.4 Å². The molecule has 0 fully saturated rings. The number of halogens is 3. The van der Waals surface area contributed by atoms with Crippen molar-refractivity contribution in [2.24, 2.45) is 0 Å². The van der Waals surface area contributed by atoms with Gasteiger partial charge in [0.15, 0.2) is 11.2 Å². The highest BCUT2D eigenvalue weighted by molar-refractivity contribution is 5.96. The molecule has 1 amide bonds. The summed E-state index contributed by atoms with van der Waals surface area (Å²) < 4.78 is 48.7. The van der Waals surface area contributed by atoms with Crippen LogP contribution < -0.4 is 16.1 Å². The van der Waals surface area contributed by atoms with Gasteiger partial charge in [-0.05, 0) is 31.4 Å². The topological polar surface area (TPSA) is 91.4 Å². The normalized spacial score (nSPS) is 15.7. The molecule has 35 heavy (non-hydrogen) atoms. The number of nitrogens with zero attached hydrogens (tertiary/aromatic N) is 5. The van der Waals surface area contributed by atoms with E-state index in [0.717, 1.165) is 14.7 Å². The van der Waals surface area contributed by atoms with Crippen molar-refractivity contribution in [3.63, 3.8) is 0 Å². The fourth-order valence-corrected chi connectivity index (χ4v) is 4.63. The lowest BCUT2D eigenvalue weighted by Gasteiger charge is -2.23. The summed E-state index contributed by atoms with van der Waals surface area (Å²) >= 11 is 0. The van der Waals surface area contributed by atoms with E-state index in [2.05, 4.69) is 4.98 Å². The molecule has 0 radical (unpaired) electrons. The smallest absolute Gasteiger partial charge is 0.383 e. The molecular weight excluding hydrogens is 467 g/mol. The van der Waals surface area contributed by atoms with Crippen LogP contribution in [0.3, 0.4) is 0 Å². The van der Waals surface area contributed by atoms with Gasteiger partial charge in [0.2, 0.25) is 11.7 Å². The molecule has 0 N–H and O–H groups in total. The van der Waals surface area contributed by atoms with Crippen LogP contribution in [-0.2, 0) is 41.8 Å². The number of fused-ring (bicyclic) bond motifs is 2. The van der Waals surface area contributed by atoms with Crippen LogP contribution >= 0.6 is 0 Å². The molecule has 1 aliphatic heterocycles. The van der Waals surface area contributed by atoms with E-state index in [4.69, 9.17) is 4.74 Å². The first-order chi connectivity index (χ1) is 16.6. The Morgan fingerprint density at radius 1 is 1.14 bits per heavy atom. The zero-order chi connectivity index (χ0) is 25.5. The van der Waals surface area contributed by atoms with Gasteiger partial charge in [-0.3, -0.25) is 14.2 Å². The fourth-order valence-electron chi connectivity index (χ4n) is 4.63. The summed E-state index contributed by atoms with van der Waals surface area (Å²) in [5.41, 5.74) is -0.948. The van der Waals surface area contributed by atoms with E-state index in [-0.39, 0.29) is 36.9 Å². The van der Waals surface area contributed by atoms with Crippen LogP contribution in [0, 0.1) is 0 Å². The second-order valence-corrected chi connectivity index (χ2v) is 8.52. The molecule has 12 heteroatoms. The predicted octanol–water partition coefficient (Wildman–Crippen LogP) is 2.41. The van der Waals surface area contributed by atoms with Crippen LogP contribution in [0.5, 0.6) is 0 Å². The summed E-state index contributed by atoms with van der Waals surface area (Å²) in [6, 6.07) is 7.14. The van der Waals surface area contributed by atoms with Crippen molar-refractivity contribution in [2.75, 3.05) is 18.6 Å². The first-order valence-corrected chi connectivity index (χ1v) is 11.3. The van der Waals surface area contributed by atoms with Gasteiger partial charge in [0, 0.05) is 31.9 Å². The van der Waals surface area contributed by atoms with E-state index >= 15 is 0 Å². The number of hydrogen-bond donors (Lipinski definition) is 0. The molecule has 2 aromatic heterocycles. The molecule has 0 saturated carbocycles. The number of aromatic nitrogens is 4. The third-order valence-corrected chi connectivity index (χ3v) is 6.10. The van der Waals surface area contributed by atoms with Gasteiger partial charge in [-0.1, -0.05) is 25.1 Å². The number of anilines is 1. The summed E-state index contributed by atoms with van der Waals surface area (Å²) in [6.07, 6.45) is -3.83. The molecule has 0 aliphatic carbocycles. The molecule has 188 valence electrons. The molecule has 1 aliphatic rings. The van der Waals surface area contributed by atoms with Gasteiger partial charge in [-0.25, -0.2) is 14.3 Å². The van der Waals surface area contributed by atoms with Gasteiger partial charge in [0.25, 0.3) is 5.56 Å². The van der Waals surface area contributed by atoms with E-state index in [1.807, 2.05) is 19.1 Å². The Morgan fingerprint density at radius 2 is 1.86 bits per heavy atom. The molecule has 0 spiro atoms. The van der Waals surface area contributed by atoms with Gasteiger partial charge >= 0.3 is 11.9 Å². The number of carbonyl (C=O) groups excluding carboxylic acids is 1. The highest BCUT2D eigenvalue weighted by Gasteiger charge is 2.39. The van der Waals surface area contributed by atoms with Gasteiger partial charge in [-0.2, -0.15) is 13.2 Å². The number of imidazole rings is 1. The molecule has 0 bridgehead atoms.